The first kappa shape index (κ1) is 16.5. The number of halogens is 1. The highest BCUT2D eigenvalue weighted by Crippen LogP contribution is 2.27. The lowest BCUT2D eigenvalue weighted by Crippen LogP contribution is -2.30. The Kier molecular flexibility index (Phi) is 4.81. The van der Waals surface area contributed by atoms with Crippen LogP contribution in [0.25, 0.3) is 10.1 Å². The smallest absolute Gasteiger partial charge is 0.263 e. The quantitative estimate of drug-likeness (QED) is 0.683. The minimum atomic E-state index is -0.289. The van der Waals surface area contributed by atoms with E-state index in [-0.39, 0.29) is 11.7 Å². The SMILES string of the molecule is Cc1ccc(OCCN(C)C(=O)c2cc3ccc(F)cc3s2)cc1. The maximum Gasteiger partial charge on any atom is 0.263 e. The van der Waals surface area contributed by atoms with Crippen LogP contribution < -0.4 is 4.74 Å². The minimum absolute atomic E-state index is 0.0795. The number of thiophene rings is 1. The molecule has 124 valence electrons. The molecule has 0 saturated heterocycles. The Labute approximate surface area is 144 Å². The molecule has 3 nitrogen and oxygen atoms in total. The third kappa shape index (κ3) is 3.74. The molecule has 0 unspecified atom stereocenters. The molecule has 24 heavy (non-hydrogen) atoms. The zero-order valence-electron chi connectivity index (χ0n) is 13.6. The van der Waals surface area contributed by atoms with Gasteiger partial charge in [-0.2, -0.15) is 0 Å². The normalized spacial score (nSPS) is 10.8. The fraction of sp³-hybridized carbons (Fsp3) is 0.211. The molecule has 0 atom stereocenters. The summed E-state index contributed by atoms with van der Waals surface area (Å²) in [4.78, 5) is 14.7. The van der Waals surface area contributed by atoms with Gasteiger partial charge in [0, 0.05) is 11.7 Å². The van der Waals surface area contributed by atoms with Crippen molar-refractivity contribution in [2.24, 2.45) is 0 Å². The number of ether oxygens (including phenoxy) is 1. The van der Waals surface area contributed by atoms with Gasteiger partial charge in [0.05, 0.1) is 11.4 Å². The number of hydrogen-bond donors (Lipinski definition) is 0. The molecule has 2 aromatic carbocycles. The number of fused-ring (bicyclic) bond motifs is 1. The summed E-state index contributed by atoms with van der Waals surface area (Å²) >= 11 is 1.31. The first-order valence-corrected chi connectivity index (χ1v) is 8.48. The van der Waals surface area contributed by atoms with Gasteiger partial charge in [0.25, 0.3) is 5.91 Å². The second kappa shape index (κ2) is 7.01. The monoisotopic (exact) mass is 343 g/mol. The van der Waals surface area contributed by atoms with E-state index in [1.165, 1.54) is 29.0 Å². The lowest BCUT2D eigenvalue weighted by molar-refractivity contribution is 0.0778. The summed E-state index contributed by atoms with van der Waals surface area (Å²) in [6, 6.07) is 14.2. The Bertz CT molecular complexity index is 857. The van der Waals surface area contributed by atoms with Crippen LogP contribution in [0, 0.1) is 12.7 Å². The summed E-state index contributed by atoms with van der Waals surface area (Å²) in [7, 11) is 1.74. The van der Waals surface area contributed by atoms with Crippen LogP contribution in [0.3, 0.4) is 0 Å². The van der Waals surface area contributed by atoms with Crippen LogP contribution in [0.1, 0.15) is 15.2 Å². The van der Waals surface area contributed by atoms with Gasteiger partial charge in [-0.25, -0.2) is 4.39 Å². The summed E-state index contributed by atoms with van der Waals surface area (Å²) in [5.41, 5.74) is 1.18. The highest BCUT2D eigenvalue weighted by molar-refractivity contribution is 7.20. The van der Waals surface area contributed by atoms with E-state index in [9.17, 15) is 9.18 Å². The highest BCUT2D eigenvalue weighted by Gasteiger charge is 2.15. The Balaban J connectivity index is 1.60. The predicted molar refractivity (Wildman–Crippen MR) is 95.4 cm³/mol. The van der Waals surface area contributed by atoms with Crippen LogP contribution >= 0.6 is 11.3 Å². The van der Waals surface area contributed by atoms with Crippen LogP contribution in [0.4, 0.5) is 4.39 Å². The Morgan fingerprint density at radius 3 is 2.67 bits per heavy atom. The molecule has 0 bridgehead atoms. The van der Waals surface area contributed by atoms with Crippen LogP contribution in [0.15, 0.2) is 48.5 Å². The topological polar surface area (TPSA) is 29.5 Å². The summed E-state index contributed by atoms with van der Waals surface area (Å²) in [5.74, 6) is 0.422. The van der Waals surface area contributed by atoms with Gasteiger partial charge < -0.3 is 9.64 Å². The van der Waals surface area contributed by atoms with Gasteiger partial charge in [-0.05, 0) is 42.6 Å². The first-order valence-electron chi connectivity index (χ1n) is 7.67. The molecule has 5 heteroatoms. The van der Waals surface area contributed by atoms with Crippen molar-refractivity contribution >= 4 is 27.3 Å². The maximum atomic E-state index is 13.3. The Morgan fingerprint density at radius 2 is 1.92 bits per heavy atom. The van der Waals surface area contributed by atoms with Crippen LogP contribution in [0.2, 0.25) is 0 Å². The lowest BCUT2D eigenvalue weighted by Gasteiger charge is -2.16. The third-order valence-electron chi connectivity index (χ3n) is 3.76. The molecular formula is C19H18FNO2S. The number of nitrogens with zero attached hydrogens (tertiary/aromatic N) is 1. The number of rotatable bonds is 5. The Morgan fingerprint density at radius 1 is 1.17 bits per heavy atom. The van der Waals surface area contributed by atoms with Crippen molar-refractivity contribution in [3.63, 3.8) is 0 Å². The minimum Gasteiger partial charge on any atom is -0.492 e. The van der Waals surface area contributed by atoms with E-state index in [4.69, 9.17) is 4.74 Å². The van der Waals surface area contributed by atoms with Gasteiger partial charge in [-0.1, -0.05) is 23.8 Å². The van der Waals surface area contributed by atoms with Crippen molar-refractivity contribution in [3.05, 3.63) is 64.8 Å². The molecule has 0 aliphatic heterocycles. The molecule has 3 aromatic rings. The van der Waals surface area contributed by atoms with E-state index in [0.29, 0.717) is 18.0 Å². The van der Waals surface area contributed by atoms with E-state index in [1.807, 2.05) is 31.2 Å². The molecule has 0 N–H and O–H groups in total. The fourth-order valence-electron chi connectivity index (χ4n) is 2.33. The van der Waals surface area contributed by atoms with Gasteiger partial charge in [0.15, 0.2) is 0 Å². The second-order valence-electron chi connectivity index (χ2n) is 5.68. The van der Waals surface area contributed by atoms with Crippen molar-refractivity contribution in [1.82, 2.24) is 4.90 Å². The van der Waals surface area contributed by atoms with Gasteiger partial charge in [0.2, 0.25) is 0 Å². The van der Waals surface area contributed by atoms with Crippen LogP contribution in [-0.4, -0.2) is 31.0 Å². The molecule has 0 aliphatic carbocycles. The first-order chi connectivity index (χ1) is 11.5. The van der Waals surface area contributed by atoms with Crippen LogP contribution in [-0.2, 0) is 0 Å². The summed E-state index contributed by atoms with van der Waals surface area (Å²) < 4.78 is 19.7. The third-order valence-corrected chi connectivity index (χ3v) is 4.84. The van der Waals surface area contributed by atoms with Crippen molar-refractivity contribution in [1.29, 1.82) is 0 Å². The van der Waals surface area contributed by atoms with Gasteiger partial charge >= 0.3 is 0 Å². The zero-order chi connectivity index (χ0) is 17.1. The Hall–Kier alpha value is -2.40. The van der Waals surface area contributed by atoms with E-state index in [0.717, 1.165) is 15.8 Å². The number of aryl methyl sites for hydroxylation is 1. The molecule has 0 aliphatic rings. The summed E-state index contributed by atoms with van der Waals surface area (Å²) in [6.45, 7) is 2.92. The average molecular weight is 343 g/mol. The molecule has 1 aromatic heterocycles. The molecule has 0 spiro atoms. The number of carbonyl (C=O) groups excluding carboxylic acids is 1. The molecular weight excluding hydrogens is 325 g/mol. The summed E-state index contributed by atoms with van der Waals surface area (Å²) in [6.07, 6.45) is 0. The van der Waals surface area contributed by atoms with E-state index in [1.54, 1.807) is 24.1 Å². The number of hydrogen-bond acceptors (Lipinski definition) is 3. The van der Waals surface area contributed by atoms with Gasteiger partial charge in [-0.3, -0.25) is 4.79 Å². The molecule has 1 heterocycles. The predicted octanol–water partition coefficient (Wildman–Crippen LogP) is 4.50. The summed E-state index contributed by atoms with van der Waals surface area (Å²) in [5, 5.41) is 0.883. The molecule has 1 amide bonds. The van der Waals surface area contributed by atoms with E-state index < -0.39 is 0 Å². The number of likely N-dealkylation sites (N-methyl/N-ethyl adjacent to an activating group) is 1. The average Bonchev–Trinajstić information content (AvgIpc) is 2.98. The van der Waals surface area contributed by atoms with Crippen LogP contribution in [0.5, 0.6) is 5.75 Å². The standard InChI is InChI=1S/C19H18FNO2S/c1-13-3-7-16(8-4-13)23-10-9-21(2)19(22)18-11-14-5-6-15(20)12-17(14)24-18/h3-8,11-12H,9-10H2,1-2H3. The van der Waals surface area contributed by atoms with Crippen molar-refractivity contribution in [2.45, 2.75) is 6.92 Å². The van der Waals surface area contributed by atoms with E-state index >= 15 is 0 Å². The maximum absolute atomic E-state index is 13.3. The lowest BCUT2D eigenvalue weighted by atomic mass is 10.2. The van der Waals surface area contributed by atoms with E-state index in [2.05, 4.69) is 0 Å². The second-order valence-corrected chi connectivity index (χ2v) is 6.76. The molecule has 3 rings (SSSR count). The largest absolute Gasteiger partial charge is 0.492 e. The zero-order valence-corrected chi connectivity index (χ0v) is 14.4. The molecule has 0 saturated carbocycles. The number of amides is 1. The van der Waals surface area contributed by atoms with Crippen molar-refractivity contribution in [3.8, 4) is 5.75 Å². The van der Waals surface area contributed by atoms with Gasteiger partial charge in [-0.15, -0.1) is 11.3 Å². The van der Waals surface area contributed by atoms with Crippen molar-refractivity contribution in [2.75, 3.05) is 20.2 Å². The number of benzene rings is 2. The van der Waals surface area contributed by atoms with Crippen molar-refractivity contribution < 1.29 is 13.9 Å². The fourth-order valence-corrected chi connectivity index (χ4v) is 3.42. The highest BCUT2D eigenvalue weighted by atomic mass is 32.1. The molecule has 0 fully saturated rings. The number of carbonyl (C=O) groups is 1. The van der Waals surface area contributed by atoms with Gasteiger partial charge in [0.1, 0.15) is 18.2 Å². The molecule has 0 radical (unpaired) electrons.